The number of carbonyl (C=O) groups excluding carboxylic acids is 1. The number of hydrazine groups is 1. The lowest BCUT2D eigenvalue weighted by atomic mass is 10.0. The zero-order valence-corrected chi connectivity index (χ0v) is 15.0. The van der Waals surface area contributed by atoms with Crippen LogP contribution < -0.4 is 16.5 Å². The first-order valence-corrected chi connectivity index (χ1v) is 7.92. The van der Waals surface area contributed by atoms with E-state index in [9.17, 15) is 18.0 Å². The smallest absolute Gasteiger partial charge is 0.426 e. The lowest BCUT2D eigenvalue weighted by Crippen LogP contribution is -2.65. The zero-order valence-electron chi connectivity index (χ0n) is 15.0. The molecule has 0 fully saturated rings. The van der Waals surface area contributed by atoms with Crippen LogP contribution in [0.3, 0.4) is 0 Å². The molecule has 144 valence electrons. The molecule has 5 N–H and O–H groups in total. The van der Waals surface area contributed by atoms with Gasteiger partial charge < -0.3 is 10.1 Å². The van der Waals surface area contributed by atoms with Gasteiger partial charge in [0, 0.05) is 5.70 Å². The fourth-order valence-electron chi connectivity index (χ4n) is 2.18. The topological polar surface area (TPSA) is 103 Å². The molecule has 1 aliphatic rings. The van der Waals surface area contributed by atoms with Crippen molar-refractivity contribution in [2.75, 3.05) is 0 Å². The molecule has 7 nitrogen and oxygen atoms in total. The largest absolute Gasteiger partial charge is 0.443 e. The van der Waals surface area contributed by atoms with E-state index in [1.165, 1.54) is 0 Å². The summed E-state index contributed by atoms with van der Waals surface area (Å²) in [6.45, 7) is 8.60. The van der Waals surface area contributed by atoms with Crippen molar-refractivity contribution in [3.05, 3.63) is 11.3 Å². The van der Waals surface area contributed by atoms with Crippen molar-refractivity contribution in [3.63, 3.8) is 0 Å². The first kappa shape index (κ1) is 21.1. The molecule has 1 atom stereocenters. The van der Waals surface area contributed by atoms with Crippen LogP contribution in [0.5, 0.6) is 0 Å². The monoisotopic (exact) mass is 365 g/mol. The number of hydrogen-bond donors (Lipinski definition) is 4. The Kier molecular flexibility index (Phi) is 6.33. The van der Waals surface area contributed by atoms with Gasteiger partial charge in [0.25, 0.3) is 0 Å². The predicted molar refractivity (Wildman–Crippen MR) is 87.2 cm³/mol. The number of ether oxygens (including phenoxy) is 1. The van der Waals surface area contributed by atoms with Crippen LogP contribution in [0.15, 0.2) is 11.3 Å². The maximum Gasteiger partial charge on any atom is 0.426 e. The number of nitrogens with one attached hydrogen (secondary N) is 3. The fourth-order valence-corrected chi connectivity index (χ4v) is 2.18. The first-order valence-electron chi connectivity index (χ1n) is 7.92. The Morgan fingerprint density at radius 2 is 1.96 bits per heavy atom. The van der Waals surface area contributed by atoms with Gasteiger partial charge in [-0.1, -0.05) is 13.8 Å². The van der Waals surface area contributed by atoms with Crippen LogP contribution in [-0.4, -0.2) is 35.0 Å². The maximum absolute atomic E-state index is 13.4. The Bertz CT molecular complexity index is 552. The van der Waals surface area contributed by atoms with Crippen LogP contribution in [-0.2, 0) is 4.74 Å². The van der Waals surface area contributed by atoms with Crippen molar-refractivity contribution in [3.8, 4) is 0 Å². The van der Waals surface area contributed by atoms with Crippen molar-refractivity contribution in [1.29, 1.82) is 5.41 Å². The molecule has 0 saturated carbocycles. The molecule has 1 heterocycles. The number of amides is 1. The van der Waals surface area contributed by atoms with E-state index < -0.39 is 35.6 Å². The van der Waals surface area contributed by atoms with Crippen molar-refractivity contribution < 1.29 is 22.7 Å². The second-order valence-corrected chi connectivity index (χ2v) is 7.21. The quantitative estimate of drug-likeness (QED) is 0.613. The van der Waals surface area contributed by atoms with Crippen molar-refractivity contribution in [2.45, 2.75) is 65.5 Å². The van der Waals surface area contributed by atoms with Crippen molar-refractivity contribution in [2.24, 2.45) is 11.7 Å². The summed E-state index contributed by atoms with van der Waals surface area (Å²) < 4.78 is 45.3. The first-order chi connectivity index (χ1) is 11.2. The number of rotatable bonds is 4. The highest BCUT2D eigenvalue weighted by molar-refractivity contribution is 5.99. The molecule has 1 aliphatic heterocycles. The molecule has 0 radical (unpaired) electrons. The van der Waals surface area contributed by atoms with Crippen LogP contribution in [0.4, 0.5) is 18.0 Å². The van der Waals surface area contributed by atoms with E-state index in [-0.39, 0.29) is 18.0 Å². The molecule has 0 saturated heterocycles. The molecule has 25 heavy (non-hydrogen) atoms. The van der Waals surface area contributed by atoms with Gasteiger partial charge >= 0.3 is 12.3 Å². The zero-order chi connectivity index (χ0) is 19.6. The third-order valence-corrected chi connectivity index (χ3v) is 3.25. The number of allylic oxidation sites excluding steroid dienone is 1. The van der Waals surface area contributed by atoms with E-state index in [4.69, 9.17) is 15.9 Å². The van der Waals surface area contributed by atoms with E-state index in [0.29, 0.717) is 11.4 Å². The number of nitrogens with zero attached hydrogens (tertiary/aromatic N) is 1. The number of alkyl halides is 3. The number of amidine groups is 1. The van der Waals surface area contributed by atoms with E-state index in [1.54, 1.807) is 20.8 Å². The van der Waals surface area contributed by atoms with Crippen LogP contribution >= 0.6 is 0 Å². The molecular weight excluding hydrogens is 339 g/mol. The molecular formula is C15H26F3N5O2. The highest BCUT2D eigenvalue weighted by Crippen LogP contribution is 2.33. The molecule has 0 spiro atoms. The molecule has 0 aromatic carbocycles. The third kappa shape index (κ3) is 6.11. The summed E-state index contributed by atoms with van der Waals surface area (Å²) in [5.41, 5.74) is 5.73. The summed E-state index contributed by atoms with van der Waals surface area (Å²) in [4.78, 5) is 11.8. The lowest BCUT2D eigenvalue weighted by molar-refractivity contribution is -0.0904. The van der Waals surface area contributed by atoms with Gasteiger partial charge in [0.15, 0.2) is 12.1 Å². The molecule has 0 aliphatic carbocycles. The highest BCUT2D eigenvalue weighted by Gasteiger charge is 2.45. The van der Waals surface area contributed by atoms with E-state index >= 15 is 0 Å². The standard InChI is InChI=1S/C15H26F3N5O2/c1-8(2)6-7-9-10(15(16,17)18)11(19)23(12(20)21-9)22-13(24)25-14(3,4)5/h8,12,19,21H,6-7,20H2,1-5H3,(H,22,24). The van der Waals surface area contributed by atoms with Gasteiger partial charge in [0.2, 0.25) is 0 Å². The van der Waals surface area contributed by atoms with Crippen LogP contribution in [0.2, 0.25) is 0 Å². The summed E-state index contributed by atoms with van der Waals surface area (Å²) in [5.74, 6) is -0.740. The van der Waals surface area contributed by atoms with Crippen LogP contribution in [0.25, 0.3) is 0 Å². The molecule has 0 bridgehead atoms. The van der Waals surface area contributed by atoms with Gasteiger partial charge in [0.05, 0.1) is 0 Å². The molecule has 1 amide bonds. The Labute approximate surface area is 145 Å². The summed E-state index contributed by atoms with van der Waals surface area (Å²) in [6.07, 6.45) is -6.37. The second-order valence-electron chi connectivity index (χ2n) is 7.21. The van der Waals surface area contributed by atoms with E-state index in [1.807, 2.05) is 13.8 Å². The number of halogens is 3. The lowest BCUT2D eigenvalue weighted by Gasteiger charge is -2.39. The second kappa shape index (κ2) is 7.51. The van der Waals surface area contributed by atoms with Gasteiger partial charge in [-0.25, -0.2) is 15.2 Å². The normalized spacial score (nSPS) is 19.2. The SMILES string of the molecule is CC(C)CCC1=C(C(F)(F)F)C(=N)N(NC(=O)OC(C)(C)C)C(N)N1. The number of nitrogens with two attached hydrogens (primary N) is 1. The van der Waals surface area contributed by atoms with Gasteiger partial charge in [0.1, 0.15) is 11.2 Å². The van der Waals surface area contributed by atoms with Crippen molar-refractivity contribution >= 4 is 11.9 Å². The Hall–Kier alpha value is -1.97. The summed E-state index contributed by atoms with van der Waals surface area (Å²) in [5, 5.41) is 11.0. The number of carbonyl (C=O) groups is 1. The minimum Gasteiger partial charge on any atom is -0.443 e. The molecule has 1 unspecified atom stereocenters. The molecule has 1 rings (SSSR count). The van der Waals surface area contributed by atoms with Crippen LogP contribution in [0, 0.1) is 11.3 Å². The molecule has 0 aromatic rings. The summed E-state index contributed by atoms with van der Waals surface area (Å²) >= 11 is 0. The minimum atomic E-state index is -4.76. The highest BCUT2D eigenvalue weighted by atomic mass is 19.4. The summed E-state index contributed by atoms with van der Waals surface area (Å²) in [6, 6.07) is 0. The summed E-state index contributed by atoms with van der Waals surface area (Å²) in [7, 11) is 0. The van der Waals surface area contributed by atoms with Gasteiger partial charge in [-0.2, -0.15) is 13.2 Å². The maximum atomic E-state index is 13.4. The molecule has 0 aromatic heterocycles. The van der Waals surface area contributed by atoms with E-state index in [0.717, 1.165) is 0 Å². The van der Waals surface area contributed by atoms with Crippen molar-refractivity contribution in [1.82, 2.24) is 15.8 Å². The third-order valence-electron chi connectivity index (χ3n) is 3.25. The van der Waals surface area contributed by atoms with Gasteiger partial charge in [-0.15, -0.1) is 0 Å². The Morgan fingerprint density at radius 1 is 1.40 bits per heavy atom. The van der Waals surface area contributed by atoms with Crippen LogP contribution in [0.1, 0.15) is 47.5 Å². The average Bonchev–Trinajstić information content (AvgIpc) is 2.37. The Morgan fingerprint density at radius 3 is 2.40 bits per heavy atom. The Balaban J connectivity index is 3.07. The van der Waals surface area contributed by atoms with Gasteiger partial charge in [-0.3, -0.25) is 11.1 Å². The minimum absolute atomic E-state index is 0.100. The predicted octanol–water partition coefficient (Wildman–Crippen LogP) is 2.80. The average molecular weight is 365 g/mol. The number of hydrogen-bond acceptors (Lipinski definition) is 5. The molecule has 10 heteroatoms. The van der Waals surface area contributed by atoms with Gasteiger partial charge in [-0.05, 0) is 39.5 Å². The van der Waals surface area contributed by atoms with E-state index in [2.05, 4.69) is 10.7 Å². The fraction of sp³-hybridized carbons (Fsp3) is 0.733.